The maximum absolute atomic E-state index is 11.8. The number of anilines is 1. The molecule has 0 bridgehead atoms. The summed E-state index contributed by atoms with van der Waals surface area (Å²) in [7, 11) is 0. The van der Waals surface area contributed by atoms with Gasteiger partial charge in [-0.15, -0.1) is 11.3 Å². The maximum Gasteiger partial charge on any atom is 0.348 e. The topological polar surface area (TPSA) is 83.0 Å². The fraction of sp³-hybridized carbons (Fsp3) is 0.364. The summed E-state index contributed by atoms with van der Waals surface area (Å²) in [4.78, 5) is 17.2. The number of carbonyl (C=O) groups excluding carboxylic acids is 1. The fourth-order valence-corrected chi connectivity index (χ4v) is 2.30. The highest BCUT2D eigenvalue weighted by Crippen LogP contribution is 2.24. The van der Waals surface area contributed by atoms with Gasteiger partial charge in [-0.25, -0.2) is 14.5 Å². The Kier molecular flexibility index (Phi) is 3.61. The van der Waals surface area contributed by atoms with Crippen LogP contribution in [0.4, 0.5) is 5.69 Å². The Morgan fingerprint density at radius 1 is 1.61 bits per heavy atom. The van der Waals surface area contributed by atoms with Crippen LogP contribution in [0.25, 0.3) is 0 Å². The van der Waals surface area contributed by atoms with Crippen LogP contribution < -0.4 is 5.73 Å². The highest BCUT2D eigenvalue weighted by molar-refractivity contribution is 7.14. The third-order valence-corrected chi connectivity index (χ3v) is 3.53. The molecule has 0 saturated heterocycles. The predicted molar refractivity (Wildman–Crippen MR) is 68.3 cm³/mol. The van der Waals surface area contributed by atoms with Gasteiger partial charge in [0.1, 0.15) is 11.2 Å². The van der Waals surface area contributed by atoms with Crippen LogP contribution in [0.5, 0.6) is 0 Å². The zero-order valence-electron chi connectivity index (χ0n) is 10.2. The first kappa shape index (κ1) is 12.6. The van der Waals surface area contributed by atoms with E-state index < -0.39 is 0 Å². The Morgan fingerprint density at radius 2 is 2.39 bits per heavy atom. The van der Waals surface area contributed by atoms with Crippen molar-refractivity contribution in [2.75, 3.05) is 5.73 Å². The zero-order chi connectivity index (χ0) is 13.1. The number of hydrogen-bond donors (Lipinski definition) is 1. The number of rotatable bonds is 4. The van der Waals surface area contributed by atoms with Crippen molar-refractivity contribution in [1.82, 2.24) is 14.8 Å². The average molecular weight is 266 g/mol. The summed E-state index contributed by atoms with van der Waals surface area (Å²) >= 11 is 1.33. The first-order chi connectivity index (χ1) is 8.61. The van der Waals surface area contributed by atoms with E-state index in [9.17, 15) is 4.79 Å². The van der Waals surface area contributed by atoms with E-state index in [0.717, 1.165) is 4.88 Å². The van der Waals surface area contributed by atoms with Crippen LogP contribution >= 0.6 is 11.3 Å². The smallest absolute Gasteiger partial charge is 0.348 e. The Labute approximate surface area is 108 Å². The van der Waals surface area contributed by atoms with Gasteiger partial charge in [0, 0.05) is 17.1 Å². The molecule has 0 atom stereocenters. The molecule has 0 aliphatic carbocycles. The lowest BCUT2D eigenvalue weighted by molar-refractivity contribution is 0.0463. The van der Waals surface area contributed by atoms with E-state index in [1.165, 1.54) is 17.7 Å². The molecule has 0 aliphatic heterocycles. The Hall–Kier alpha value is -1.89. The number of aromatic nitrogens is 3. The molecule has 0 aliphatic rings. The summed E-state index contributed by atoms with van der Waals surface area (Å²) < 4.78 is 6.86. The SMILES string of the molecule is CCn1ncnc1COC(=O)c1cc(N)c(C)s1. The molecule has 0 fully saturated rings. The average Bonchev–Trinajstić information content (AvgIpc) is 2.93. The second kappa shape index (κ2) is 5.18. The van der Waals surface area contributed by atoms with Crippen molar-refractivity contribution in [2.24, 2.45) is 0 Å². The molecular weight excluding hydrogens is 252 g/mol. The largest absolute Gasteiger partial charge is 0.453 e. The molecular formula is C11H14N4O2S. The van der Waals surface area contributed by atoms with Gasteiger partial charge < -0.3 is 10.5 Å². The molecule has 0 amide bonds. The van der Waals surface area contributed by atoms with Crippen molar-refractivity contribution >= 4 is 23.0 Å². The number of ether oxygens (including phenoxy) is 1. The van der Waals surface area contributed by atoms with E-state index in [4.69, 9.17) is 10.5 Å². The number of nitrogens with zero attached hydrogens (tertiary/aromatic N) is 3. The quantitative estimate of drug-likeness (QED) is 0.850. The van der Waals surface area contributed by atoms with Crippen LogP contribution in [0.3, 0.4) is 0 Å². The van der Waals surface area contributed by atoms with Crippen molar-refractivity contribution in [2.45, 2.75) is 27.0 Å². The lowest BCUT2D eigenvalue weighted by Crippen LogP contribution is -2.09. The molecule has 2 aromatic rings. The first-order valence-corrected chi connectivity index (χ1v) is 6.33. The zero-order valence-corrected chi connectivity index (χ0v) is 11.0. The molecule has 0 radical (unpaired) electrons. The van der Waals surface area contributed by atoms with E-state index >= 15 is 0 Å². The van der Waals surface area contributed by atoms with E-state index in [0.29, 0.717) is 22.9 Å². The van der Waals surface area contributed by atoms with Crippen LogP contribution in [0, 0.1) is 6.92 Å². The van der Waals surface area contributed by atoms with Gasteiger partial charge in [-0.2, -0.15) is 5.10 Å². The number of aryl methyl sites for hydroxylation is 2. The molecule has 0 aromatic carbocycles. The van der Waals surface area contributed by atoms with E-state index in [1.807, 2.05) is 13.8 Å². The number of carbonyl (C=O) groups is 1. The predicted octanol–water partition coefficient (Wildman–Crippen LogP) is 1.61. The third kappa shape index (κ3) is 2.51. The van der Waals surface area contributed by atoms with Crippen molar-refractivity contribution in [3.05, 3.63) is 28.0 Å². The van der Waals surface area contributed by atoms with Gasteiger partial charge in [-0.1, -0.05) is 0 Å². The Morgan fingerprint density at radius 3 is 3.00 bits per heavy atom. The van der Waals surface area contributed by atoms with Crippen molar-refractivity contribution in [3.63, 3.8) is 0 Å². The van der Waals surface area contributed by atoms with E-state index in [-0.39, 0.29) is 12.6 Å². The normalized spacial score (nSPS) is 10.6. The molecule has 2 aromatic heterocycles. The number of esters is 1. The van der Waals surface area contributed by atoms with Crippen molar-refractivity contribution < 1.29 is 9.53 Å². The lowest BCUT2D eigenvalue weighted by atomic mass is 10.4. The molecule has 18 heavy (non-hydrogen) atoms. The molecule has 0 spiro atoms. The fourth-order valence-electron chi connectivity index (χ4n) is 1.46. The monoisotopic (exact) mass is 266 g/mol. The van der Waals surface area contributed by atoms with E-state index in [2.05, 4.69) is 10.1 Å². The number of nitrogens with two attached hydrogens (primary N) is 1. The van der Waals surface area contributed by atoms with Gasteiger partial charge in [-0.3, -0.25) is 0 Å². The molecule has 2 rings (SSSR count). The van der Waals surface area contributed by atoms with Crippen LogP contribution in [0.2, 0.25) is 0 Å². The van der Waals surface area contributed by atoms with Crippen molar-refractivity contribution in [3.8, 4) is 0 Å². The molecule has 2 N–H and O–H groups in total. The van der Waals surface area contributed by atoms with Crippen molar-refractivity contribution in [1.29, 1.82) is 0 Å². The van der Waals surface area contributed by atoms with E-state index in [1.54, 1.807) is 10.7 Å². The Bertz CT molecular complexity index is 542. The van der Waals surface area contributed by atoms with Crippen LogP contribution in [-0.2, 0) is 17.9 Å². The standard InChI is InChI=1S/C11H14N4O2S/c1-3-15-10(13-6-14-15)5-17-11(16)9-4-8(12)7(2)18-9/h4,6H,3,5,12H2,1-2H3. The van der Waals surface area contributed by atoms with Gasteiger partial charge in [0.15, 0.2) is 12.4 Å². The molecule has 0 unspecified atom stereocenters. The summed E-state index contributed by atoms with van der Waals surface area (Å²) in [5.41, 5.74) is 6.31. The molecule has 0 saturated carbocycles. The highest BCUT2D eigenvalue weighted by atomic mass is 32.1. The molecule has 2 heterocycles. The molecule has 7 heteroatoms. The lowest BCUT2D eigenvalue weighted by Gasteiger charge is -2.03. The minimum atomic E-state index is -0.384. The number of thiophene rings is 1. The third-order valence-electron chi connectivity index (χ3n) is 2.48. The van der Waals surface area contributed by atoms with Crippen LogP contribution in [-0.4, -0.2) is 20.7 Å². The minimum Gasteiger partial charge on any atom is -0.453 e. The summed E-state index contributed by atoms with van der Waals surface area (Å²) in [5.74, 6) is 0.248. The van der Waals surface area contributed by atoms with Crippen LogP contribution in [0.1, 0.15) is 27.3 Å². The number of hydrogen-bond acceptors (Lipinski definition) is 6. The van der Waals surface area contributed by atoms with Gasteiger partial charge in [0.25, 0.3) is 0 Å². The maximum atomic E-state index is 11.8. The summed E-state index contributed by atoms with van der Waals surface area (Å²) in [6, 6.07) is 1.63. The molecule has 96 valence electrons. The summed E-state index contributed by atoms with van der Waals surface area (Å²) in [6.07, 6.45) is 1.44. The highest BCUT2D eigenvalue weighted by Gasteiger charge is 2.13. The summed E-state index contributed by atoms with van der Waals surface area (Å²) in [6.45, 7) is 4.62. The first-order valence-electron chi connectivity index (χ1n) is 5.51. The van der Waals surface area contributed by atoms with Gasteiger partial charge >= 0.3 is 5.97 Å². The summed E-state index contributed by atoms with van der Waals surface area (Å²) in [5, 5.41) is 4.00. The number of nitrogen functional groups attached to an aromatic ring is 1. The van der Waals surface area contributed by atoms with Crippen LogP contribution in [0.15, 0.2) is 12.4 Å². The Balaban J connectivity index is 2.00. The minimum absolute atomic E-state index is 0.115. The van der Waals surface area contributed by atoms with Gasteiger partial charge in [0.2, 0.25) is 0 Å². The second-order valence-corrected chi connectivity index (χ2v) is 4.95. The second-order valence-electron chi connectivity index (χ2n) is 3.69. The molecule has 6 nitrogen and oxygen atoms in total. The van der Waals surface area contributed by atoms with Gasteiger partial charge in [-0.05, 0) is 19.9 Å². The van der Waals surface area contributed by atoms with Gasteiger partial charge in [0.05, 0.1) is 0 Å².